The average Bonchev–Trinajstić information content (AvgIpc) is 2.14. The first-order valence-electron chi connectivity index (χ1n) is 3.92. The van der Waals surface area contributed by atoms with Gasteiger partial charge >= 0.3 is 4.87 Å². The lowest BCUT2D eigenvalue weighted by molar-refractivity contribution is 0.446. The predicted molar refractivity (Wildman–Crippen MR) is 57.7 cm³/mol. The lowest BCUT2D eigenvalue weighted by Crippen LogP contribution is -2.16. The van der Waals surface area contributed by atoms with Crippen LogP contribution in [0.15, 0.2) is 4.79 Å². The van der Waals surface area contributed by atoms with E-state index in [4.69, 9.17) is 0 Å². The maximum atomic E-state index is 11.3. The molecule has 1 heterocycles. The Morgan fingerprint density at radius 3 is 2.31 bits per heavy atom. The van der Waals surface area contributed by atoms with Gasteiger partial charge in [0.15, 0.2) is 0 Å². The van der Waals surface area contributed by atoms with Crippen molar-refractivity contribution in [3.63, 3.8) is 0 Å². The smallest absolute Gasteiger partial charge is 0.320 e. The standard InChI is InChI=1S/C8H13NO2S2/c1-5-6(10)9(7(11)12-5)13-8(2,3)4/h10H,1-4H3. The van der Waals surface area contributed by atoms with Gasteiger partial charge in [0.1, 0.15) is 0 Å². The summed E-state index contributed by atoms with van der Waals surface area (Å²) in [7, 11) is 0. The van der Waals surface area contributed by atoms with E-state index in [2.05, 4.69) is 0 Å². The van der Waals surface area contributed by atoms with Crippen molar-refractivity contribution in [2.24, 2.45) is 0 Å². The quantitative estimate of drug-likeness (QED) is 0.787. The molecule has 0 aliphatic rings. The fourth-order valence-corrected chi connectivity index (χ4v) is 2.54. The summed E-state index contributed by atoms with van der Waals surface area (Å²) in [6.45, 7) is 7.73. The third-order valence-corrected chi connectivity index (χ3v) is 3.31. The number of hydrogen-bond acceptors (Lipinski definition) is 4. The first-order valence-corrected chi connectivity index (χ1v) is 5.51. The van der Waals surface area contributed by atoms with Gasteiger partial charge in [0.2, 0.25) is 5.88 Å². The van der Waals surface area contributed by atoms with Gasteiger partial charge in [0.25, 0.3) is 0 Å². The van der Waals surface area contributed by atoms with Crippen LogP contribution in [0, 0.1) is 6.92 Å². The minimum atomic E-state index is -0.116. The van der Waals surface area contributed by atoms with Gasteiger partial charge in [0, 0.05) is 4.75 Å². The number of aromatic nitrogens is 1. The highest BCUT2D eigenvalue weighted by atomic mass is 32.2. The molecular formula is C8H13NO2S2. The normalized spacial score (nSPS) is 12.0. The zero-order valence-corrected chi connectivity index (χ0v) is 9.75. The maximum absolute atomic E-state index is 11.3. The molecule has 0 amide bonds. The van der Waals surface area contributed by atoms with Crippen LogP contribution in [0.3, 0.4) is 0 Å². The van der Waals surface area contributed by atoms with E-state index in [1.807, 2.05) is 20.8 Å². The number of aromatic hydroxyl groups is 1. The Morgan fingerprint density at radius 2 is 2.00 bits per heavy atom. The molecule has 0 spiro atoms. The first kappa shape index (κ1) is 10.7. The Morgan fingerprint density at radius 1 is 1.46 bits per heavy atom. The van der Waals surface area contributed by atoms with Crippen LogP contribution in [0.1, 0.15) is 25.6 Å². The van der Waals surface area contributed by atoms with Gasteiger partial charge < -0.3 is 5.11 Å². The summed E-state index contributed by atoms with van der Waals surface area (Å²) < 4.78 is 1.27. The van der Waals surface area contributed by atoms with Gasteiger partial charge in [-0.05, 0) is 39.6 Å². The van der Waals surface area contributed by atoms with E-state index >= 15 is 0 Å². The molecule has 0 bridgehead atoms. The van der Waals surface area contributed by atoms with E-state index in [1.54, 1.807) is 6.92 Å². The van der Waals surface area contributed by atoms with Crippen LogP contribution in [0.25, 0.3) is 0 Å². The summed E-state index contributed by atoms with van der Waals surface area (Å²) in [5, 5.41) is 9.53. The van der Waals surface area contributed by atoms with Crippen molar-refractivity contribution in [3.8, 4) is 5.88 Å². The van der Waals surface area contributed by atoms with E-state index in [9.17, 15) is 9.90 Å². The Kier molecular flexibility index (Phi) is 2.77. The van der Waals surface area contributed by atoms with Crippen molar-refractivity contribution in [1.82, 2.24) is 3.97 Å². The summed E-state index contributed by atoms with van der Waals surface area (Å²) in [5.74, 6) is 0.0786. The molecule has 5 heteroatoms. The second-order valence-electron chi connectivity index (χ2n) is 3.75. The van der Waals surface area contributed by atoms with Crippen molar-refractivity contribution < 1.29 is 5.11 Å². The minimum absolute atomic E-state index is 0.0746. The summed E-state index contributed by atoms with van der Waals surface area (Å²) in [6, 6.07) is 0. The lowest BCUT2D eigenvalue weighted by Gasteiger charge is -2.16. The fraction of sp³-hybridized carbons (Fsp3) is 0.625. The molecule has 0 aliphatic carbocycles. The summed E-state index contributed by atoms with van der Waals surface area (Å²) in [4.78, 5) is 11.9. The molecule has 0 radical (unpaired) electrons. The van der Waals surface area contributed by atoms with Crippen LogP contribution in [0.4, 0.5) is 0 Å². The van der Waals surface area contributed by atoms with Crippen molar-refractivity contribution in [3.05, 3.63) is 14.5 Å². The third-order valence-electron chi connectivity index (χ3n) is 1.28. The molecule has 13 heavy (non-hydrogen) atoms. The van der Waals surface area contributed by atoms with E-state index in [0.29, 0.717) is 4.88 Å². The molecule has 0 saturated carbocycles. The SMILES string of the molecule is Cc1sc(=O)n(SC(C)(C)C)c1O. The maximum Gasteiger partial charge on any atom is 0.320 e. The molecule has 74 valence electrons. The molecule has 0 atom stereocenters. The molecule has 0 fully saturated rings. The molecule has 1 aromatic rings. The molecule has 0 aliphatic heterocycles. The highest BCUT2D eigenvalue weighted by Gasteiger charge is 2.18. The highest BCUT2D eigenvalue weighted by Crippen LogP contribution is 2.30. The second kappa shape index (κ2) is 3.38. The van der Waals surface area contributed by atoms with Gasteiger partial charge in [-0.25, -0.2) is 3.97 Å². The molecule has 0 aromatic carbocycles. The van der Waals surface area contributed by atoms with E-state index in [0.717, 1.165) is 11.3 Å². The Balaban J connectivity index is 3.08. The monoisotopic (exact) mass is 219 g/mol. The van der Waals surface area contributed by atoms with Crippen molar-refractivity contribution in [2.75, 3.05) is 0 Å². The number of aryl methyl sites for hydroxylation is 1. The Labute approximate surface area is 85.5 Å². The molecule has 1 N–H and O–H groups in total. The second-order valence-corrected chi connectivity index (χ2v) is 6.68. The van der Waals surface area contributed by atoms with Gasteiger partial charge in [-0.2, -0.15) is 0 Å². The minimum Gasteiger partial charge on any atom is -0.493 e. The van der Waals surface area contributed by atoms with Crippen molar-refractivity contribution in [1.29, 1.82) is 0 Å². The number of thiazole rings is 1. The summed E-state index contributed by atoms with van der Waals surface area (Å²) in [6.07, 6.45) is 0. The van der Waals surface area contributed by atoms with Gasteiger partial charge in [-0.1, -0.05) is 11.3 Å². The molecule has 0 saturated heterocycles. The Hall–Kier alpha value is -0.420. The van der Waals surface area contributed by atoms with E-state index in [1.165, 1.54) is 15.9 Å². The largest absolute Gasteiger partial charge is 0.493 e. The third kappa shape index (κ3) is 2.51. The topological polar surface area (TPSA) is 42.2 Å². The zero-order valence-electron chi connectivity index (χ0n) is 8.12. The van der Waals surface area contributed by atoms with Gasteiger partial charge in [-0.15, -0.1) is 0 Å². The van der Waals surface area contributed by atoms with E-state index < -0.39 is 0 Å². The highest BCUT2D eigenvalue weighted by molar-refractivity contribution is 7.99. The number of rotatable bonds is 1. The summed E-state index contributed by atoms with van der Waals surface area (Å²) in [5.41, 5.74) is 0. The average molecular weight is 219 g/mol. The van der Waals surface area contributed by atoms with Gasteiger partial charge in [-0.3, -0.25) is 4.79 Å². The van der Waals surface area contributed by atoms with Crippen LogP contribution in [0.5, 0.6) is 5.88 Å². The van der Waals surface area contributed by atoms with Crippen molar-refractivity contribution >= 4 is 23.3 Å². The van der Waals surface area contributed by atoms with Crippen LogP contribution in [0.2, 0.25) is 0 Å². The first-order chi connectivity index (χ1) is 5.81. The predicted octanol–water partition coefficient (Wildman–Crippen LogP) is 2.22. The van der Waals surface area contributed by atoms with Crippen LogP contribution in [-0.4, -0.2) is 13.8 Å². The fourth-order valence-electron chi connectivity index (χ4n) is 0.802. The van der Waals surface area contributed by atoms with Gasteiger partial charge in [0.05, 0.1) is 4.88 Å². The number of nitrogens with zero attached hydrogens (tertiary/aromatic N) is 1. The summed E-state index contributed by atoms with van der Waals surface area (Å²) >= 11 is 2.41. The number of hydrogen-bond donors (Lipinski definition) is 1. The lowest BCUT2D eigenvalue weighted by atomic mass is 10.3. The zero-order chi connectivity index (χ0) is 10.2. The molecule has 3 nitrogen and oxygen atoms in total. The molecular weight excluding hydrogens is 206 g/mol. The van der Waals surface area contributed by atoms with Crippen LogP contribution >= 0.6 is 23.3 Å². The van der Waals surface area contributed by atoms with E-state index in [-0.39, 0.29) is 15.5 Å². The molecule has 1 aromatic heterocycles. The molecule has 1 rings (SSSR count). The van der Waals surface area contributed by atoms with Crippen molar-refractivity contribution in [2.45, 2.75) is 32.4 Å². The molecule has 0 unspecified atom stereocenters. The Bertz CT molecular complexity index is 359. The van der Waals surface area contributed by atoms with Crippen LogP contribution in [-0.2, 0) is 0 Å². The van der Waals surface area contributed by atoms with Crippen LogP contribution < -0.4 is 4.87 Å².